The van der Waals surface area contributed by atoms with Crippen molar-refractivity contribution in [1.82, 2.24) is 10.6 Å². The summed E-state index contributed by atoms with van der Waals surface area (Å²) in [4.78, 5) is 15.5. The lowest BCUT2D eigenvalue weighted by Crippen LogP contribution is -2.37. The van der Waals surface area contributed by atoms with Gasteiger partial charge in [0.1, 0.15) is 0 Å². The number of amides is 1. The summed E-state index contributed by atoms with van der Waals surface area (Å²) in [5.41, 5.74) is 6.55. The molecular formula is C12H25IN4O. The van der Waals surface area contributed by atoms with Crippen molar-refractivity contribution in [3.63, 3.8) is 0 Å². The number of carbonyl (C=O) groups is 1. The van der Waals surface area contributed by atoms with E-state index in [0.717, 1.165) is 12.0 Å². The van der Waals surface area contributed by atoms with E-state index in [4.69, 9.17) is 5.73 Å². The summed E-state index contributed by atoms with van der Waals surface area (Å²) in [5.74, 6) is 0.379. The van der Waals surface area contributed by atoms with Crippen LogP contribution in [0.5, 0.6) is 0 Å². The minimum atomic E-state index is 0. The van der Waals surface area contributed by atoms with Crippen molar-refractivity contribution >= 4 is 35.8 Å². The highest BCUT2D eigenvalue weighted by Crippen LogP contribution is 1.89. The predicted molar refractivity (Wildman–Crippen MR) is 87.2 cm³/mol. The van der Waals surface area contributed by atoms with E-state index in [1.54, 1.807) is 0 Å². The van der Waals surface area contributed by atoms with E-state index in [1.165, 1.54) is 0 Å². The molecule has 0 radical (unpaired) electrons. The normalized spacial score (nSPS) is 12.3. The van der Waals surface area contributed by atoms with Gasteiger partial charge < -0.3 is 16.4 Å². The van der Waals surface area contributed by atoms with Crippen LogP contribution in [0.2, 0.25) is 0 Å². The average molecular weight is 368 g/mol. The van der Waals surface area contributed by atoms with Gasteiger partial charge in [-0.3, -0.25) is 4.79 Å². The number of nitrogens with zero attached hydrogens (tertiary/aromatic N) is 1. The summed E-state index contributed by atoms with van der Waals surface area (Å²) in [7, 11) is 0. The fourth-order valence-corrected chi connectivity index (χ4v) is 1.03. The molecule has 0 heterocycles. The largest absolute Gasteiger partial charge is 0.370 e. The maximum Gasteiger partial charge on any atom is 0.221 e. The molecule has 0 saturated carbocycles. The first kappa shape index (κ1) is 19.5. The zero-order valence-electron chi connectivity index (χ0n) is 11.5. The highest BCUT2D eigenvalue weighted by atomic mass is 127. The van der Waals surface area contributed by atoms with Crippen LogP contribution in [-0.4, -0.2) is 31.0 Å². The first-order chi connectivity index (χ1) is 7.95. The zero-order valence-corrected chi connectivity index (χ0v) is 13.8. The van der Waals surface area contributed by atoms with E-state index in [9.17, 15) is 4.79 Å². The number of hydrogen-bond acceptors (Lipinski definition) is 2. The van der Waals surface area contributed by atoms with Crippen LogP contribution < -0.4 is 16.4 Å². The molecule has 6 heteroatoms. The van der Waals surface area contributed by atoms with Crippen LogP contribution in [0.1, 0.15) is 33.6 Å². The maximum absolute atomic E-state index is 11.4. The summed E-state index contributed by atoms with van der Waals surface area (Å²) in [6.45, 7) is 10.6. The zero-order chi connectivity index (χ0) is 13.3. The Morgan fingerprint density at radius 3 is 2.61 bits per heavy atom. The summed E-state index contributed by atoms with van der Waals surface area (Å²) in [6, 6.07) is 0.219. The minimum absolute atomic E-state index is 0. The quantitative estimate of drug-likeness (QED) is 0.275. The van der Waals surface area contributed by atoms with Gasteiger partial charge in [0.05, 0.1) is 6.54 Å². The molecule has 106 valence electrons. The monoisotopic (exact) mass is 368 g/mol. The van der Waals surface area contributed by atoms with E-state index < -0.39 is 0 Å². The van der Waals surface area contributed by atoms with Crippen LogP contribution >= 0.6 is 24.0 Å². The number of guanidine groups is 1. The molecule has 4 N–H and O–H groups in total. The number of rotatable bonds is 7. The van der Waals surface area contributed by atoms with Crippen molar-refractivity contribution in [1.29, 1.82) is 0 Å². The predicted octanol–water partition coefficient (Wildman–Crippen LogP) is 1.39. The smallest absolute Gasteiger partial charge is 0.221 e. The number of carbonyl (C=O) groups excluding carboxylic acids is 1. The Bertz CT molecular complexity index is 292. The van der Waals surface area contributed by atoms with Gasteiger partial charge in [-0.25, -0.2) is 4.99 Å². The maximum atomic E-state index is 11.4. The molecule has 0 saturated heterocycles. The molecule has 1 atom stereocenters. The van der Waals surface area contributed by atoms with Gasteiger partial charge in [-0.2, -0.15) is 0 Å². The van der Waals surface area contributed by atoms with E-state index in [1.807, 2.05) is 20.8 Å². The third-order valence-corrected chi connectivity index (χ3v) is 2.20. The lowest BCUT2D eigenvalue weighted by Gasteiger charge is -2.11. The molecule has 0 rings (SSSR count). The van der Waals surface area contributed by atoms with Gasteiger partial charge in [-0.15, -0.1) is 24.0 Å². The third-order valence-electron chi connectivity index (χ3n) is 2.20. The summed E-state index contributed by atoms with van der Waals surface area (Å²) in [5, 5.41) is 5.77. The van der Waals surface area contributed by atoms with Crippen LogP contribution in [0.4, 0.5) is 0 Å². The standard InChI is InChI=1S/C12H24N4O.HI/c1-5-10(4)16-11(17)6-7-14-12(13)15-8-9(2)3;/h10H,2,5-8H2,1,3-4H3,(H,16,17)(H3,13,14,15);1H. The van der Waals surface area contributed by atoms with Crippen molar-refractivity contribution in [2.45, 2.75) is 39.7 Å². The third kappa shape index (κ3) is 11.7. The van der Waals surface area contributed by atoms with Crippen LogP contribution in [0.3, 0.4) is 0 Å². The van der Waals surface area contributed by atoms with Gasteiger partial charge in [-0.1, -0.05) is 19.1 Å². The highest BCUT2D eigenvalue weighted by Gasteiger charge is 2.04. The second kappa shape index (κ2) is 11.3. The summed E-state index contributed by atoms with van der Waals surface area (Å²) in [6.07, 6.45) is 1.33. The minimum Gasteiger partial charge on any atom is -0.370 e. The molecule has 0 fully saturated rings. The fraction of sp³-hybridized carbons (Fsp3) is 0.667. The molecule has 1 unspecified atom stereocenters. The van der Waals surface area contributed by atoms with Gasteiger partial charge in [-0.05, 0) is 20.3 Å². The van der Waals surface area contributed by atoms with Gasteiger partial charge in [0, 0.05) is 19.0 Å². The molecule has 0 aliphatic heterocycles. The van der Waals surface area contributed by atoms with Crippen LogP contribution in [0.15, 0.2) is 17.1 Å². The highest BCUT2D eigenvalue weighted by molar-refractivity contribution is 14.0. The Hall–Kier alpha value is -0.790. The SMILES string of the molecule is C=C(C)CN=C(N)NCCC(=O)NC(C)CC.I. The fourth-order valence-electron chi connectivity index (χ4n) is 1.03. The first-order valence-electron chi connectivity index (χ1n) is 5.93. The number of nitrogens with two attached hydrogens (primary N) is 1. The first-order valence-corrected chi connectivity index (χ1v) is 5.93. The van der Waals surface area contributed by atoms with E-state index in [2.05, 4.69) is 22.2 Å². The second-order valence-corrected chi connectivity index (χ2v) is 4.21. The van der Waals surface area contributed by atoms with Gasteiger partial charge in [0.2, 0.25) is 5.91 Å². The molecule has 0 aromatic rings. The topological polar surface area (TPSA) is 79.5 Å². The number of halogens is 1. The second-order valence-electron chi connectivity index (χ2n) is 4.21. The molecule has 0 aromatic carbocycles. The van der Waals surface area contributed by atoms with Crippen LogP contribution in [0, 0.1) is 0 Å². The molecule has 18 heavy (non-hydrogen) atoms. The van der Waals surface area contributed by atoms with Crippen LogP contribution in [-0.2, 0) is 4.79 Å². The molecule has 5 nitrogen and oxygen atoms in total. The Morgan fingerprint density at radius 1 is 1.50 bits per heavy atom. The van der Waals surface area contributed by atoms with Gasteiger partial charge >= 0.3 is 0 Å². The Morgan fingerprint density at radius 2 is 2.11 bits per heavy atom. The molecule has 0 spiro atoms. The Kier molecular flexibility index (Phi) is 12.3. The van der Waals surface area contributed by atoms with Crippen molar-refractivity contribution in [2.75, 3.05) is 13.1 Å². The van der Waals surface area contributed by atoms with E-state index in [-0.39, 0.29) is 35.9 Å². The van der Waals surface area contributed by atoms with E-state index >= 15 is 0 Å². The van der Waals surface area contributed by atoms with Crippen molar-refractivity contribution in [3.8, 4) is 0 Å². The molecule has 0 aromatic heterocycles. The number of nitrogens with one attached hydrogen (secondary N) is 2. The molecule has 0 aliphatic rings. The Labute approximate surface area is 127 Å². The molecule has 0 bridgehead atoms. The number of aliphatic imine (C=N–C) groups is 1. The Balaban J connectivity index is 0. The van der Waals surface area contributed by atoms with Gasteiger partial charge in [0.15, 0.2) is 5.96 Å². The van der Waals surface area contributed by atoms with Crippen molar-refractivity contribution < 1.29 is 4.79 Å². The molecule has 0 aliphatic carbocycles. The lowest BCUT2D eigenvalue weighted by atomic mass is 10.2. The number of hydrogen-bond donors (Lipinski definition) is 3. The van der Waals surface area contributed by atoms with Crippen molar-refractivity contribution in [3.05, 3.63) is 12.2 Å². The molecular weight excluding hydrogens is 343 g/mol. The molecule has 1 amide bonds. The van der Waals surface area contributed by atoms with Gasteiger partial charge in [0.25, 0.3) is 0 Å². The lowest BCUT2D eigenvalue weighted by molar-refractivity contribution is -0.121. The van der Waals surface area contributed by atoms with E-state index in [0.29, 0.717) is 25.5 Å². The van der Waals surface area contributed by atoms with Crippen molar-refractivity contribution in [2.24, 2.45) is 10.7 Å². The average Bonchev–Trinajstić information content (AvgIpc) is 2.26. The summed E-state index contributed by atoms with van der Waals surface area (Å²) < 4.78 is 0. The van der Waals surface area contributed by atoms with Crippen LogP contribution in [0.25, 0.3) is 0 Å². The summed E-state index contributed by atoms with van der Waals surface area (Å²) >= 11 is 0.